The molecule has 0 aromatic carbocycles. The molecule has 4 heteroatoms. The van der Waals surface area contributed by atoms with E-state index in [4.69, 9.17) is 0 Å². The Morgan fingerprint density at radius 2 is 0.944 bits per heavy atom. The van der Waals surface area contributed by atoms with E-state index in [2.05, 4.69) is 89.7 Å². The zero-order valence-corrected chi connectivity index (χ0v) is 26.4. The summed E-state index contributed by atoms with van der Waals surface area (Å²) in [4.78, 5) is 5.05. The van der Waals surface area contributed by atoms with Gasteiger partial charge in [0.15, 0.2) is 0 Å². The fourth-order valence-corrected chi connectivity index (χ4v) is 5.52. The molecule has 0 aromatic rings. The van der Waals surface area contributed by atoms with Crippen LogP contribution >= 0.6 is 0 Å². The van der Waals surface area contributed by atoms with Crippen molar-refractivity contribution in [2.45, 2.75) is 94.9 Å². The van der Waals surface area contributed by atoms with Gasteiger partial charge in [-0.3, -0.25) is 0 Å². The van der Waals surface area contributed by atoms with Crippen LogP contribution in [0.25, 0.3) is 0 Å². The summed E-state index contributed by atoms with van der Waals surface area (Å²) < 4.78 is 0. The Kier molecular flexibility index (Phi) is 17.9. The highest BCUT2D eigenvalue weighted by molar-refractivity contribution is 4.80. The van der Waals surface area contributed by atoms with Crippen molar-refractivity contribution in [3.05, 3.63) is 0 Å². The van der Waals surface area contributed by atoms with Gasteiger partial charge in [-0.25, -0.2) is 0 Å². The third-order valence-electron chi connectivity index (χ3n) is 9.48. The van der Waals surface area contributed by atoms with Gasteiger partial charge in [0.05, 0.1) is 0 Å². The lowest BCUT2D eigenvalue weighted by atomic mass is 9.87. The molecule has 4 fully saturated rings. The van der Waals surface area contributed by atoms with Crippen molar-refractivity contribution in [3.8, 4) is 0 Å². The maximum Gasteiger partial charge on any atom is 0.00243 e. The maximum atomic E-state index is 3.37. The summed E-state index contributed by atoms with van der Waals surface area (Å²) in [5.74, 6) is 7.53. The lowest BCUT2D eigenvalue weighted by Crippen LogP contribution is -2.48. The van der Waals surface area contributed by atoms with Crippen molar-refractivity contribution in [2.75, 3.05) is 65.4 Å². The minimum absolute atomic E-state index is 0.890. The number of nitrogens with zero attached hydrogens (tertiary/aromatic N) is 2. The molecule has 0 amide bonds. The van der Waals surface area contributed by atoms with Crippen molar-refractivity contribution < 1.29 is 0 Å². The molecule has 0 radical (unpaired) electrons. The molecule has 4 aliphatic rings. The highest BCUT2D eigenvalue weighted by Gasteiger charge is 2.27. The fourth-order valence-electron chi connectivity index (χ4n) is 5.52. The molecule has 0 aromatic heterocycles. The van der Waals surface area contributed by atoms with Crippen LogP contribution < -0.4 is 10.6 Å². The first-order chi connectivity index (χ1) is 17.1. The summed E-state index contributed by atoms with van der Waals surface area (Å²) in [5.41, 5.74) is 0. The fraction of sp³-hybridized carbons (Fsp3) is 1.00. The van der Waals surface area contributed by atoms with Crippen LogP contribution in [-0.4, -0.2) is 75.2 Å². The van der Waals surface area contributed by atoms with Gasteiger partial charge in [0.2, 0.25) is 0 Å². The third kappa shape index (κ3) is 13.6. The van der Waals surface area contributed by atoms with Crippen molar-refractivity contribution in [1.29, 1.82) is 0 Å². The molecule has 0 spiro atoms. The van der Waals surface area contributed by atoms with E-state index in [1.807, 2.05) is 0 Å². The van der Waals surface area contributed by atoms with Gasteiger partial charge in [-0.2, -0.15) is 0 Å². The maximum absolute atomic E-state index is 3.37. The normalized spacial score (nSPS) is 22.8. The topological polar surface area (TPSA) is 30.5 Å². The number of rotatable bonds is 6. The molecular formula is C32H68N4. The van der Waals surface area contributed by atoms with E-state index in [1.165, 1.54) is 91.1 Å². The summed E-state index contributed by atoms with van der Waals surface area (Å²) in [6.45, 7) is 35.9. The van der Waals surface area contributed by atoms with E-state index in [-0.39, 0.29) is 0 Å². The van der Waals surface area contributed by atoms with Gasteiger partial charge in [0.25, 0.3) is 0 Å². The monoisotopic (exact) mass is 509 g/mol. The zero-order valence-electron chi connectivity index (χ0n) is 26.4. The lowest BCUT2D eigenvalue weighted by Gasteiger charge is -2.40. The average molecular weight is 509 g/mol. The van der Waals surface area contributed by atoms with Crippen LogP contribution in [0.4, 0.5) is 0 Å². The third-order valence-corrected chi connectivity index (χ3v) is 9.48. The Hall–Kier alpha value is -0.160. The number of piperidine rings is 2. The summed E-state index contributed by atoms with van der Waals surface area (Å²) in [7, 11) is 0. The molecule has 0 bridgehead atoms. The number of hydrogen-bond acceptors (Lipinski definition) is 4. The van der Waals surface area contributed by atoms with Crippen molar-refractivity contribution in [3.63, 3.8) is 0 Å². The average Bonchev–Trinajstić information content (AvgIpc) is 2.78. The predicted octanol–water partition coefficient (Wildman–Crippen LogP) is 6.47. The van der Waals surface area contributed by atoms with Crippen LogP contribution in [0.2, 0.25) is 0 Å². The van der Waals surface area contributed by atoms with E-state index in [0.717, 1.165) is 47.3 Å². The molecule has 216 valence electrons. The largest absolute Gasteiger partial charge is 0.317 e. The van der Waals surface area contributed by atoms with Crippen LogP contribution in [0.1, 0.15) is 94.9 Å². The second-order valence-electron chi connectivity index (χ2n) is 13.4. The van der Waals surface area contributed by atoms with E-state index >= 15 is 0 Å². The van der Waals surface area contributed by atoms with Gasteiger partial charge in [0, 0.05) is 13.1 Å². The molecule has 4 rings (SSSR count). The van der Waals surface area contributed by atoms with Gasteiger partial charge in [-0.15, -0.1) is 0 Å². The lowest BCUT2D eigenvalue weighted by molar-refractivity contribution is 0.0745. The highest BCUT2D eigenvalue weighted by Crippen LogP contribution is 2.24. The Bertz CT molecular complexity index is 494. The standard InChI is InChI=1S/C10H21N.2C8H17N.C6H13N/c1-4-11-7-5-10(6-8-11)9(2)3;1-7(2)8-3-5-9-6-4-8;1-4-9-5-8(6-9)7(2)3;1-5(2)6-3-7-4-6/h9-10H,4-8H2,1-3H3;7-9H,3-6H2,1-2H3;7-8H,4-6H2,1-3H3;5-7H,3-4H2,1-2H3. The second-order valence-corrected chi connectivity index (χ2v) is 13.4. The molecule has 0 saturated carbocycles. The van der Waals surface area contributed by atoms with E-state index in [0.29, 0.717) is 0 Å². The van der Waals surface area contributed by atoms with Crippen molar-refractivity contribution >= 4 is 0 Å². The first-order valence-electron chi connectivity index (χ1n) is 15.9. The summed E-state index contributed by atoms with van der Waals surface area (Å²) in [6.07, 6.45) is 5.62. The second kappa shape index (κ2) is 19.0. The number of nitrogens with one attached hydrogen (secondary N) is 2. The predicted molar refractivity (Wildman–Crippen MR) is 162 cm³/mol. The van der Waals surface area contributed by atoms with Crippen molar-refractivity contribution in [2.24, 2.45) is 47.3 Å². The molecule has 4 heterocycles. The molecule has 4 saturated heterocycles. The van der Waals surface area contributed by atoms with Crippen LogP contribution in [-0.2, 0) is 0 Å². The minimum atomic E-state index is 0.890. The minimum Gasteiger partial charge on any atom is -0.317 e. The first kappa shape index (κ1) is 33.9. The summed E-state index contributed by atoms with van der Waals surface area (Å²) >= 11 is 0. The number of likely N-dealkylation sites (tertiary alicyclic amines) is 2. The van der Waals surface area contributed by atoms with Gasteiger partial charge in [-0.1, -0.05) is 69.2 Å². The van der Waals surface area contributed by atoms with Gasteiger partial charge in [0.1, 0.15) is 0 Å². The molecule has 36 heavy (non-hydrogen) atoms. The van der Waals surface area contributed by atoms with Gasteiger partial charge in [-0.05, 0) is 125 Å². The van der Waals surface area contributed by atoms with E-state index in [9.17, 15) is 0 Å². The first-order valence-corrected chi connectivity index (χ1v) is 15.9. The Labute approximate surface area is 228 Å². The van der Waals surface area contributed by atoms with Crippen LogP contribution in [0.3, 0.4) is 0 Å². The van der Waals surface area contributed by atoms with E-state index in [1.54, 1.807) is 0 Å². The van der Waals surface area contributed by atoms with Crippen LogP contribution in [0.5, 0.6) is 0 Å². The van der Waals surface area contributed by atoms with Crippen molar-refractivity contribution in [1.82, 2.24) is 20.4 Å². The van der Waals surface area contributed by atoms with E-state index < -0.39 is 0 Å². The molecule has 0 atom stereocenters. The molecule has 2 N–H and O–H groups in total. The van der Waals surface area contributed by atoms with Gasteiger partial charge < -0.3 is 20.4 Å². The summed E-state index contributed by atoms with van der Waals surface area (Å²) in [6, 6.07) is 0. The Balaban J connectivity index is 0.000000243. The Morgan fingerprint density at radius 3 is 1.22 bits per heavy atom. The smallest absolute Gasteiger partial charge is 0.00243 e. The Morgan fingerprint density at radius 1 is 0.528 bits per heavy atom. The summed E-state index contributed by atoms with van der Waals surface area (Å²) in [5, 5.41) is 6.61. The molecular weight excluding hydrogens is 440 g/mol. The molecule has 0 aliphatic carbocycles. The SMILES string of the molecule is CC(C)C1CCNCC1.CC(C)C1CNC1.CCN1CC(C(C)C)C1.CCN1CCC(C(C)C)CC1. The molecule has 0 unspecified atom stereocenters. The molecule has 4 aliphatic heterocycles. The molecule has 4 nitrogen and oxygen atoms in total. The van der Waals surface area contributed by atoms with Crippen LogP contribution in [0.15, 0.2) is 0 Å². The van der Waals surface area contributed by atoms with Gasteiger partial charge >= 0.3 is 0 Å². The highest BCUT2D eigenvalue weighted by atomic mass is 15.2. The quantitative estimate of drug-likeness (QED) is 0.430. The number of hydrogen-bond donors (Lipinski definition) is 2. The van der Waals surface area contributed by atoms with Crippen LogP contribution in [0, 0.1) is 47.3 Å². The zero-order chi connectivity index (χ0) is 27.1.